The topological polar surface area (TPSA) is 34.4 Å². The summed E-state index contributed by atoms with van der Waals surface area (Å²) in [5.41, 5.74) is 6.13. The summed E-state index contributed by atoms with van der Waals surface area (Å²) in [6.45, 7) is 0. The van der Waals surface area contributed by atoms with Gasteiger partial charge in [0.1, 0.15) is 5.65 Å². The fourth-order valence-electron chi connectivity index (χ4n) is 6.99. The molecule has 0 saturated carbocycles. The van der Waals surface area contributed by atoms with E-state index in [1.807, 2.05) is 78.9 Å². The normalized spacial score (nSPS) is 12.1. The number of fused-ring (bicyclic) bond motifs is 9. The largest absolute Gasteiger partial charge is 0.309 e. The van der Waals surface area contributed by atoms with E-state index in [4.69, 9.17) is 4.98 Å². The smallest absolute Gasteiger partial charge is 0.172 e. The third kappa shape index (κ3) is 3.84. The van der Waals surface area contributed by atoms with Gasteiger partial charge in [0.15, 0.2) is 7.14 Å². The molecule has 0 aliphatic carbocycles. The molecule has 9 aromatic rings. The van der Waals surface area contributed by atoms with Gasteiger partial charge >= 0.3 is 0 Å². The van der Waals surface area contributed by atoms with Gasteiger partial charge in [0.05, 0.1) is 16.6 Å². The fraction of sp³-hybridized carbons (Fsp3) is 0. The minimum absolute atomic E-state index is 0.825. The van der Waals surface area contributed by atoms with Gasteiger partial charge in [0.25, 0.3) is 0 Å². The van der Waals surface area contributed by atoms with Crippen molar-refractivity contribution in [2.24, 2.45) is 0 Å². The Balaban J connectivity index is 1.41. The van der Waals surface area contributed by atoms with E-state index in [1.165, 1.54) is 0 Å². The highest BCUT2D eigenvalue weighted by molar-refractivity contribution is 7.86. The summed E-state index contributed by atoms with van der Waals surface area (Å²) in [5.74, 6) is 0. The van der Waals surface area contributed by atoms with E-state index >= 15 is 4.57 Å². The molecular weight excluding hydrogens is 567 g/mol. The zero-order valence-electron chi connectivity index (χ0n) is 24.3. The predicted molar refractivity (Wildman–Crippen MR) is 190 cm³/mol. The van der Waals surface area contributed by atoms with Gasteiger partial charge in [-0.3, -0.25) is 4.40 Å². The molecule has 0 radical (unpaired) electrons. The highest BCUT2D eigenvalue weighted by Crippen LogP contribution is 2.48. The Morgan fingerprint density at radius 1 is 0.489 bits per heavy atom. The summed E-state index contributed by atoms with van der Waals surface area (Å²) < 4.78 is 18.2. The Labute approximate surface area is 260 Å². The first-order valence-corrected chi connectivity index (χ1v) is 16.9. The number of para-hydroxylation sites is 3. The quantitative estimate of drug-likeness (QED) is 0.150. The van der Waals surface area contributed by atoms with Crippen LogP contribution >= 0.6 is 7.14 Å². The second kappa shape index (κ2) is 10.0. The second-order valence-electron chi connectivity index (χ2n) is 11.5. The molecule has 0 atom stereocenters. The van der Waals surface area contributed by atoms with Gasteiger partial charge in [-0.05, 0) is 57.6 Å². The van der Waals surface area contributed by atoms with Crippen molar-refractivity contribution < 1.29 is 4.57 Å². The van der Waals surface area contributed by atoms with Crippen molar-refractivity contribution in [1.82, 2.24) is 9.38 Å². The summed E-state index contributed by atoms with van der Waals surface area (Å²) >= 11 is 0. The second-order valence-corrected chi connectivity index (χ2v) is 14.2. The number of hydrogen-bond acceptors (Lipinski definition) is 2. The van der Waals surface area contributed by atoms with Gasteiger partial charge in [-0.1, -0.05) is 133 Å². The van der Waals surface area contributed by atoms with Gasteiger partial charge in [0, 0.05) is 26.7 Å². The number of imidazole rings is 1. The lowest BCUT2D eigenvalue weighted by Gasteiger charge is -2.25. The summed E-state index contributed by atoms with van der Waals surface area (Å²) in [4.78, 5) is 5.09. The first-order chi connectivity index (χ1) is 22.2. The first kappa shape index (κ1) is 25.9. The van der Waals surface area contributed by atoms with Crippen LogP contribution in [-0.2, 0) is 4.57 Å². The standard InChI is InChI=1S/C41H27N2OP/c44-45(30-14-3-1-4-15-30,31-16-5-2-6-17-31)40-32-18-8-7-13-28(32)23-25-33(40)29-24-26-35-36(27-29)34-19-9-11-21-38(34)43-39-22-12-10-20-37(39)42-41(35)43/h1-27H. The van der Waals surface area contributed by atoms with Crippen molar-refractivity contribution in [1.29, 1.82) is 0 Å². The SMILES string of the molecule is O=P(c1ccccc1)(c1ccccc1)c1c(-c2ccc3c(c2)c2ccccc2n2c4ccccc4nc32)ccc2ccccc12. The number of aromatic nitrogens is 2. The molecule has 0 N–H and O–H groups in total. The molecule has 4 heteroatoms. The molecule has 212 valence electrons. The van der Waals surface area contributed by atoms with E-state index in [0.29, 0.717) is 0 Å². The molecule has 0 aliphatic rings. The monoisotopic (exact) mass is 594 g/mol. The van der Waals surface area contributed by atoms with Crippen LogP contribution in [0, 0.1) is 0 Å². The van der Waals surface area contributed by atoms with Gasteiger partial charge in [-0.15, -0.1) is 0 Å². The van der Waals surface area contributed by atoms with Crippen molar-refractivity contribution in [3.63, 3.8) is 0 Å². The average Bonchev–Trinajstić information content (AvgIpc) is 3.52. The third-order valence-electron chi connectivity index (χ3n) is 9.02. The van der Waals surface area contributed by atoms with Crippen molar-refractivity contribution in [3.8, 4) is 11.1 Å². The van der Waals surface area contributed by atoms with E-state index in [2.05, 4.69) is 89.3 Å². The van der Waals surface area contributed by atoms with Crippen LogP contribution < -0.4 is 15.9 Å². The third-order valence-corrected chi connectivity index (χ3v) is 12.2. The van der Waals surface area contributed by atoms with Gasteiger partial charge in [-0.2, -0.15) is 0 Å². The lowest BCUT2D eigenvalue weighted by molar-refractivity contribution is 0.592. The van der Waals surface area contributed by atoms with Crippen LogP contribution in [0.3, 0.4) is 0 Å². The minimum atomic E-state index is -3.31. The van der Waals surface area contributed by atoms with E-state index < -0.39 is 7.14 Å². The highest BCUT2D eigenvalue weighted by Gasteiger charge is 2.34. The van der Waals surface area contributed by atoms with Crippen LogP contribution in [0.5, 0.6) is 0 Å². The molecule has 2 aromatic heterocycles. The molecule has 9 rings (SSSR count). The molecule has 7 aromatic carbocycles. The van der Waals surface area contributed by atoms with Crippen LogP contribution in [0.25, 0.3) is 60.3 Å². The molecule has 3 nitrogen and oxygen atoms in total. The molecule has 0 aliphatic heterocycles. The zero-order chi connectivity index (χ0) is 30.0. The molecule has 2 heterocycles. The summed E-state index contributed by atoms with van der Waals surface area (Å²) in [6, 6.07) is 56.0. The van der Waals surface area contributed by atoms with Crippen LogP contribution in [0.2, 0.25) is 0 Å². The van der Waals surface area contributed by atoms with Gasteiger partial charge in [0.2, 0.25) is 0 Å². The van der Waals surface area contributed by atoms with Crippen molar-refractivity contribution >= 4 is 72.2 Å². The lowest BCUT2D eigenvalue weighted by atomic mass is 9.97. The number of hydrogen-bond donors (Lipinski definition) is 0. The van der Waals surface area contributed by atoms with Crippen LogP contribution in [0.4, 0.5) is 0 Å². The van der Waals surface area contributed by atoms with Crippen LogP contribution in [-0.4, -0.2) is 9.38 Å². The van der Waals surface area contributed by atoms with E-state index in [0.717, 1.165) is 76.2 Å². The number of pyridine rings is 1. The summed E-state index contributed by atoms with van der Waals surface area (Å²) in [7, 11) is -3.31. The number of rotatable bonds is 4. The Morgan fingerprint density at radius 2 is 1.11 bits per heavy atom. The maximum atomic E-state index is 16.0. The summed E-state index contributed by atoms with van der Waals surface area (Å²) in [5, 5.41) is 7.96. The van der Waals surface area contributed by atoms with E-state index in [9.17, 15) is 0 Å². The Hall–Kier alpha value is -5.50. The molecule has 0 saturated heterocycles. The molecule has 0 spiro atoms. The highest BCUT2D eigenvalue weighted by atomic mass is 31.2. The predicted octanol–water partition coefficient (Wildman–Crippen LogP) is 9.25. The molecular formula is C41H27N2OP. The van der Waals surface area contributed by atoms with Gasteiger partial charge in [-0.25, -0.2) is 4.98 Å². The zero-order valence-corrected chi connectivity index (χ0v) is 25.2. The number of nitrogens with zero attached hydrogens (tertiary/aromatic N) is 2. The maximum absolute atomic E-state index is 16.0. The molecule has 0 unspecified atom stereocenters. The minimum Gasteiger partial charge on any atom is -0.309 e. The maximum Gasteiger partial charge on any atom is 0.172 e. The first-order valence-electron chi connectivity index (χ1n) is 15.2. The van der Waals surface area contributed by atoms with Crippen molar-refractivity contribution in [2.75, 3.05) is 0 Å². The molecule has 0 amide bonds. The number of benzene rings is 7. The van der Waals surface area contributed by atoms with Crippen LogP contribution in [0.15, 0.2) is 164 Å². The fourth-order valence-corrected chi connectivity index (χ4v) is 10.1. The molecule has 0 bridgehead atoms. The van der Waals surface area contributed by atoms with Gasteiger partial charge < -0.3 is 4.57 Å². The Kier molecular flexibility index (Phi) is 5.78. The van der Waals surface area contributed by atoms with Crippen molar-refractivity contribution in [2.45, 2.75) is 0 Å². The molecule has 0 fully saturated rings. The van der Waals surface area contributed by atoms with Crippen LogP contribution in [0.1, 0.15) is 0 Å². The average molecular weight is 595 g/mol. The van der Waals surface area contributed by atoms with Crippen molar-refractivity contribution in [3.05, 3.63) is 164 Å². The summed E-state index contributed by atoms with van der Waals surface area (Å²) in [6.07, 6.45) is 0. The Bertz CT molecular complexity index is 2580. The van der Waals surface area contributed by atoms with E-state index in [-0.39, 0.29) is 0 Å². The van der Waals surface area contributed by atoms with E-state index in [1.54, 1.807) is 0 Å². The lowest BCUT2D eigenvalue weighted by Crippen LogP contribution is -2.27. The Morgan fingerprint density at radius 3 is 1.87 bits per heavy atom. The molecule has 45 heavy (non-hydrogen) atoms.